The summed E-state index contributed by atoms with van der Waals surface area (Å²) >= 11 is 0. The Morgan fingerprint density at radius 3 is 2.02 bits per heavy atom. The fraction of sp³-hybridized carbons (Fsp3) is 0.128. The molecule has 0 spiro atoms. The molecule has 7 aromatic rings. The highest BCUT2D eigenvalue weighted by atomic mass is 15.1. The van der Waals surface area contributed by atoms with E-state index in [4.69, 9.17) is 4.99 Å². The van der Waals surface area contributed by atoms with Crippen molar-refractivity contribution in [2.45, 2.75) is 37.9 Å². The number of nitrogens with one attached hydrogen (secondary N) is 1. The lowest BCUT2D eigenvalue weighted by Gasteiger charge is -2.28. The molecular formula is C47H39N3. The first-order chi connectivity index (χ1) is 24.5. The second-order valence-corrected chi connectivity index (χ2v) is 14.0. The fourth-order valence-electron chi connectivity index (χ4n) is 7.96. The molecule has 0 bridgehead atoms. The van der Waals surface area contributed by atoms with Crippen molar-refractivity contribution in [3.63, 3.8) is 0 Å². The molecule has 2 atom stereocenters. The Kier molecular flexibility index (Phi) is 7.44. The maximum atomic E-state index is 5.28. The van der Waals surface area contributed by atoms with Crippen LogP contribution in [-0.4, -0.2) is 10.3 Å². The number of nitrogens with zero attached hydrogens (tertiary/aromatic N) is 2. The van der Waals surface area contributed by atoms with Crippen LogP contribution in [0.15, 0.2) is 175 Å². The van der Waals surface area contributed by atoms with Gasteiger partial charge in [-0.1, -0.05) is 153 Å². The van der Waals surface area contributed by atoms with Gasteiger partial charge in [0, 0.05) is 34.3 Å². The van der Waals surface area contributed by atoms with Gasteiger partial charge in [-0.25, -0.2) is 0 Å². The Hall–Kier alpha value is -5.77. The van der Waals surface area contributed by atoms with Gasteiger partial charge in [-0.15, -0.1) is 0 Å². The second kappa shape index (κ2) is 12.3. The van der Waals surface area contributed by atoms with E-state index in [0.717, 1.165) is 23.3 Å². The highest BCUT2D eigenvalue weighted by Crippen LogP contribution is 2.50. The van der Waals surface area contributed by atoms with Gasteiger partial charge in [0.15, 0.2) is 0 Å². The summed E-state index contributed by atoms with van der Waals surface area (Å²) in [5, 5.41) is 5.21. The van der Waals surface area contributed by atoms with Gasteiger partial charge in [-0.2, -0.15) is 0 Å². The van der Waals surface area contributed by atoms with Crippen molar-refractivity contribution in [2.24, 2.45) is 4.99 Å². The number of fused-ring (bicyclic) bond motifs is 4. The van der Waals surface area contributed by atoms with Crippen LogP contribution in [0.3, 0.4) is 0 Å². The van der Waals surface area contributed by atoms with Gasteiger partial charge in [-0.05, 0) is 75.2 Å². The van der Waals surface area contributed by atoms with Crippen molar-refractivity contribution in [3.8, 4) is 27.9 Å². The molecule has 1 N–H and O–H groups in total. The smallest absolute Gasteiger partial charge is 0.126 e. The van der Waals surface area contributed by atoms with Crippen LogP contribution in [0, 0.1) is 0 Å². The maximum absolute atomic E-state index is 5.28. The molecule has 2 heterocycles. The van der Waals surface area contributed by atoms with Crippen LogP contribution in [-0.2, 0) is 5.41 Å². The zero-order valence-electron chi connectivity index (χ0n) is 28.4. The number of benzene rings is 6. The predicted molar refractivity (Wildman–Crippen MR) is 208 cm³/mol. The minimum Gasteiger partial charge on any atom is -0.316 e. The Labute approximate surface area is 294 Å². The molecule has 0 saturated carbocycles. The lowest BCUT2D eigenvalue weighted by Crippen LogP contribution is -2.27. The molecule has 9 rings (SSSR count). The molecule has 1 aromatic heterocycles. The first-order valence-corrected chi connectivity index (χ1v) is 17.6. The van der Waals surface area contributed by atoms with Gasteiger partial charge in [0.1, 0.15) is 6.17 Å². The molecule has 0 amide bonds. The Morgan fingerprint density at radius 2 is 1.26 bits per heavy atom. The summed E-state index contributed by atoms with van der Waals surface area (Å²) in [4.78, 5) is 5.28. The van der Waals surface area contributed by atoms with Gasteiger partial charge in [0.25, 0.3) is 0 Å². The Balaban J connectivity index is 1.07. The van der Waals surface area contributed by atoms with Crippen molar-refractivity contribution in [1.29, 1.82) is 0 Å². The molecule has 1 aliphatic heterocycles. The van der Waals surface area contributed by atoms with Crippen molar-refractivity contribution in [1.82, 2.24) is 9.88 Å². The molecular weight excluding hydrogens is 607 g/mol. The van der Waals surface area contributed by atoms with Crippen molar-refractivity contribution in [2.75, 3.05) is 0 Å². The highest BCUT2D eigenvalue weighted by Gasteiger charge is 2.36. The maximum Gasteiger partial charge on any atom is 0.126 e. The zero-order chi connectivity index (χ0) is 33.7. The third-order valence-corrected chi connectivity index (χ3v) is 10.6. The predicted octanol–water partition coefficient (Wildman–Crippen LogP) is 11.4. The van der Waals surface area contributed by atoms with Crippen LogP contribution in [0.25, 0.3) is 38.8 Å². The standard InChI is InChI=1S/C47H39N3/c1-47(2)41-29-35(44-23-14-22-43(33-17-8-4-9-18-33)48-46(49-44)34-19-10-5-11-20-34)25-27-37(41)38-28-26-36(30-42(38)47)50-31-40(32-15-6-3-7-16-32)39-21-12-13-24-45(39)50/h3-22,24-31,44,46,49H,23H2,1-2H3/b22-14+,48-43?. The summed E-state index contributed by atoms with van der Waals surface area (Å²) in [6.45, 7) is 4.76. The van der Waals surface area contributed by atoms with Gasteiger partial charge in [0.2, 0.25) is 0 Å². The summed E-state index contributed by atoms with van der Waals surface area (Å²) in [5.41, 5.74) is 14.7. The molecule has 6 aromatic carbocycles. The van der Waals surface area contributed by atoms with Gasteiger partial charge >= 0.3 is 0 Å². The van der Waals surface area contributed by atoms with Crippen LogP contribution in [0.2, 0.25) is 0 Å². The fourth-order valence-corrected chi connectivity index (χ4v) is 7.96. The third-order valence-electron chi connectivity index (χ3n) is 10.6. The molecule has 0 radical (unpaired) electrons. The normalized spacial score (nSPS) is 18.5. The van der Waals surface area contributed by atoms with Gasteiger partial charge in [0.05, 0.1) is 11.2 Å². The SMILES string of the molecule is CC1(C)c2cc(C3C/C=C/C(c4ccccc4)=NC(c4ccccc4)N3)ccc2-c2ccc(-n3cc(-c4ccccc4)c4ccccc43)cc21. The summed E-state index contributed by atoms with van der Waals surface area (Å²) in [6, 6.07) is 54.8. The van der Waals surface area contributed by atoms with Crippen LogP contribution in [0.5, 0.6) is 0 Å². The van der Waals surface area contributed by atoms with E-state index in [0.29, 0.717) is 0 Å². The largest absolute Gasteiger partial charge is 0.316 e. The minimum absolute atomic E-state index is 0.112. The molecule has 3 heteroatoms. The summed E-state index contributed by atoms with van der Waals surface area (Å²) in [6.07, 6.45) is 7.48. The van der Waals surface area contributed by atoms with Gasteiger partial charge < -0.3 is 4.57 Å². The zero-order valence-corrected chi connectivity index (χ0v) is 28.4. The van der Waals surface area contributed by atoms with Crippen LogP contribution in [0.1, 0.15) is 60.3 Å². The van der Waals surface area contributed by atoms with E-state index in [-0.39, 0.29) is 17.6 Å². The molecule has 2 unspecified atom stereocenters. The topological polar surface area (TPSA) is 29.3 Å². The van der Waals surface area contributed by atoms with E-state index in [1.807, 2.05) is 0 Å². The number of para-hydroxylation sites is 1. The van der Waals surface area contributed by atoms with Crippen molar-refractivity contribution >= 4 is 16.6 Å². The Morgan fingerprint density at radius 1 is 0.620 bits per heavy atom. The van der Waals surface area contributed by atoms with E-state index in [1.165, 1.54) is 55.5 Å². The first-order valence-electron chi connectivity index (χ1n) is 17.6. The summed E-state index contributed by atoms with van der Waals surface area (Å²) in [7, 11) is 0. The van der Waals surface area contributed by atoms with Crippen LogP contribution >= 0.6 is 0 Å². The van der Waals surface area contributed by atoms with Crippen molar-refractivity contribution in [3.05, 3.63) is 198 Å². The van der Waals surface area contributed by atoms with E-state index in [2.05, 4.69) is 194 Å². The molecule has 0 fully saturated rings. The molecule has 2 aliphatic rings. The van der Waals surface area contributed by atoms with E-state index in [1.54, 1.807) is 0 Å². The summed E-state index contributed by atoms with van der Waals surface area (Å²) < 4.78 is 2.36. The average molecular weight is 646 g/mol. The second-order valence-electron chi connectivity index (χ2n) is 14.0. The monoisotopic (exact) mass is 645 g/mol. The lowest BCUT2D eigenvalue weighted by atomic mass is 9.81. The lowest BCUT2D eigenvalue weighted by molar-refractivity contribution is 0.455. The van der Waals surface area contributed by atoms with E-state index < -0.39 is 0 Å². The number of aromatic nitrogens is 1. The third kappa shape index (κ3) is 5.22. The number of allylic oxidation sites excluding steroid dienone is 1. The van der Waals surface area contributed by atoms with E-state index in [9.17, 15) is 0 Å². The number of hydrogen-bond acceptors (Lipinski definition) is 2. The average Bonchev–Trinajstić information content (AvgIpc) is 3.65. The number of rotatable bonds is 5. The Bertz CT molecular complexity index is 2400. The van der Waals surface area contributed by atoms with Crippen molar-refractivity contribution < 1.29 is 0 Å². The number of aliphatic imine (C=N–C) groups is 1. The summed E-state index contributed by atoms with van der Waals surface area (Å²) in [5.74, 6) is 0. The van der Waals surface area contributed by atoms with Crippen LogP contribution < -0.4 is 5.32 Å². The molecule has 242 valence electrons. The molecule has 50 heavy (non-hydrogen) atoms. The quantitative estimate of drug-likeness (QED) is 0.198. The highest BCUT2D eigenvalue weighted by molar-refractivity contribution is 6.08. The first kappa shape index (κ1) is 30.3. The van der Waals surface area contributed by atoms with Crippen LogP contribution in [0.4, 0.5) is 0 Å². The number of hydrogen-bond donors (Lipinski definition) is 1. The van der Waals surface area contributed by atoms with E-state index >= 15 is 0 Å². The minimum atomic E-state index is -0.167. The van der Waals surface area contributed by atoms with Gasteiger partial charge in [-0.3, -0.25) is 10.3 Å². The molecule has 0 saturated heterocycles. The molecule has 1 aliphatic carbocycles. The molecule has 3 nitrogen and oxygen atoms in total.